The zero-order chi connectivity index (χ0) is 23.8. The van der Waals surface area contributed by atoms with Crippen LogP contribution < -0.4 is 0 Å². The van der Waals surface area contributed by atoms with Gasteiger partial charge >= 0.3 is 0 Å². The van der Waals surface area contributed by atoms with E-state index < -0.39 is 0 Å². The summed E-state index contributed by atoms with van der Waals surface area (Å²) in [5.74, 6) is 0. The van der Waals surface area contributed by atoms with Crippen molar-refractivity contribution in [1.29, 1.82) is 0 Å². The van der Waals surface area contributed by atoms with Crippen molar-refractivity contribution in [2.24, 2.45) is 0 Å². The normalized spacial score (nSPS) is 12.2. The quantitative estimate of drug-likeness (QED) is 0.249. The Morgan fingerprint density at radius 2 is 0.889 bits per heavy atom. The highest BCUT2D eigenvalue weighted by Gasteiger charge is 2.20. The Bertz CT molecular complexity index is 2060. The standard InChI is InChI=1S/C33H25N3/c1-2-34-30-18-10-6-14-26(30)32-31(34)20-19-25-24-13-5-9-17-29(24)36(33(25)32)21-35-27-15-7-3-11-22(27)23-12-4-8-16-28(23)35/h3-20H,2,21H2,1H3. The first-order chi connectivity index (χ1) is 17.8. The molecule has 0 aliphatic heterocycles. The molecule has 172 valence electrons. The Morgan fingerprint density at radius 1 is 0.417 bits per heavy atom. The first kappa shape index (κ1) is 19.8. The van der Waals surface area contributed by atoms with Gasteiger partial charge in [0.15, 0.2) is 0 Å². The van der Waals surface area contributed by atoms with Gasteiger partial charge < -0.3 is 13.7 Å². The van der Waals surface area contributed by atoms with Crippen LogP contribution in [-0.2, 0) is 13.2 Å². The fraction of sp³-hybridized carbons (Fsp3) is 0.0909. The molecule has 0 fully saturated rings. The summed E-state index contributed by atoms with van der Waals surface area (Å²) < 4.78 is 7.47. The Morgan fingerprint density at radius 3 is 1.47 bits per heavy atom. The highest BCUT2D eigenvalue weighted by Crippen LogP contribution is 2.40. The smallest absolute Gasteiger partial charge is 0.100 e. The lowest BCUT2D eigenvalue weighted by Crippen LogP contribution is -2.07. The Labute approximate surface area is 208 Å². The summed E-state index contributed by atoms with van der Waals surface area (Å²) in [6, 6.07) is 39.9. The third-order valence-electron chi connectivity index (χ3n) is 7.94. The minimum atomic E-state index is 0.753. The molecule has 0 spiro atoms. The third-order valence-corrected chi connectivity index (χ3v) is 7.94. The molecule has 0 saturated heterocycles. The van der Waals surface area contributed by atoms with Gasteiger partial charge in [0.05, 0.1) is 27.6 Å². The van der Waals surface area contributed by atoms with E-state index in [4.69, 9.17) is 0 Å². The van der Waals surface area contributed by atoms with Crippen molar-refractivity contribution in [1.82, 2.24) is 13.7 Å². The van der Waals surface area contributed by atoms with Crippen molar-refractivity contribution in [2.45, 2.75) is 20.1 Å². The molecule has 8 aromatic rings. The minimum absolute atomic E-state index is 0.753. The van der Waals surface area contributed by atoms with E-state index in [1.165, 1.54) is 65.4 Å². The monoisotopic (exact) mass is 463 g/mol. The Balaban J connectivity index is 1.55. The summed E-state index contributed by atoms with van der Waals surface area (Å²) in [5.41, 5.74) is 7.74. The maximum atomic E-state index is 2.54. The third kappa shape index (κ3) is 2.47. The maximum absolute atomic E-state index is 2.54. The van der Waals surface area contributed by atoms with E-state index in [0.29, 0.717) is 0 Å². The lowest BCUT2D eigenvalue weighted by molar-refractivity contribution is 0.684. The predicted molar refractivity (Wildman–Crippen MR) is 153 cm³/mol. The molecular formula is C33H25N3. The second kappa shape index (κ2) is 7.25. The van der Waals surface area contributed by atoms with Gasteiger partial charge in [-0.05, 0) is 37.3 Å². The van der Waals surface area contributed by atoms with Gasteiger partial charge in [-0.15, -0.1) is 0 Å². The number of para-hydroxylation sites is 4. The zero-order valence-corrected chi connectivity index (χ0v) is 20.1. The van der Waals surface area contributed by atoms with E-state index in [1.807, 2.05) is 0 Å². The van der Waals surface area contributed by atoms with Gasteiger partial charge in [0.1, 0.15) is 6.67 Å². The van der Waals surface area contributed by atoms with Crippen molar-refractivity contribution in [3.8, 4) is 0 Å². The summed E-state index contributed by atoms with van der Waals surface area (Å²) in [6.45, 7) is 3.94. The van der Waals surface area contributed by atoms with Crippen LogP contribution in [0.15, 0.2) is 109 Å². The lowest BCUT2D eigenvalue weighted by Gasteiger charge is -2.13. The molecule has 8 rings (SSSR count). The average Bonchev–Trinajstić information content (AvgIpc) is 3.55. The molecule has 0 saturated carbocycles. The Hall–Kier alpha value is -4.50. The summed E-state index contributed by atoms with van der Waals surface area (Å²) in [7, 11) is 0. The molecule has 0 aliphatic carbocycles. The SMILES string of the molecule is CCn1c2ccccc2c2c1ccc1c3ccccc3n(Cn3c4ccccc4c4ccccc43)c12. The molecule has 3 aromatic heterocycles. The molecule has 3 nitrogen and oxygen atoms in total. The minimum Gasteiger partial charge on any atom is -0.341 e. The first-order valence-corrected chi connectivity index (χ1v) is 12.7. The topological polar surface area (TPSA) is 14.8 Å². The number of aromatic nitrogens is 3. The van der Waals surface area contributed by atoms with Crippen molar-refractivity contribution in [3.05, 3.63) is 109 Å². The van der Waals surface area contributed by atoms with Crippen LogP contribution in [-0.4, -0.2) is 13.7 Å². The van der Waals surface area contributed by atoms with Crippen molar-refractivity contribution >= 4 is 65.4 Å². The summed E-state index contributed by atoms with van der Waals surface area (Å²) in [4.78, 5) is 0. The van der Waals surface area contributed by atoms with Crippen LogP contribution in [0.1, 0.15) is 6.92 Å². The fourth-order valence-corrected chi connectivity index (χ4v) is 6.46. The van der Waals surface area contributed by atoms with Crippen LogP contribution in [0, 0.1) is 0 Å². The van der Waals surface area contributed by atoms with Gasteiger partial charge in [0.25, 0.3) is 0 Å². The molecule has 3 heteroatoms. The largest absolute Gasteiger partial charge is 0.341 e. The fourth-order valence-electron chi connectivity index (χ4n) is 6.46. The second-order valence-electron chi connectivity index (χ2n) is 9.67. The number of benzene rings is 5. The molecule has 3 heterocycles. The number of hydrogen-bond acceptors (Lipinski definition) is 0. The van der Waals surface area contributed by atoms with E-state index in [0.717, 1.165) is 13.2 Å². The molecule has 0 amide bonds. The predicted octanol–water partition coefficient (Wildman–Crippen LogP) is 8.54. The molecule has 0 bridgehead atoms. The number of rotatable bonds is 3. The number of aryl methyl sites for hydroxylation is 1. The van der Waals surface area contributed by atoms with E-state index >= 15 is 0 Å². The van der Waals surface area contributed by atoms with E-state index in [-0.39, 0.29) is 0 Å². The summed E-state index contributed by atoms with van der Waals surface area (Å²) in [6.07, 6.45) is 0. The second-order valence-corrected chi connectivity index (χ2v) is 9.67. The van der Waals surface area contributed by atoms with Crippen molar-refractivity contribution < 1.29 is 0 Å². The van der Waals surface area contributed by atoms with Gasteiger partial charge in [-0.25, -0.2) is 0 Å². The molecule has 0 radical (unpaired) electrons. The maximum Gasteiger partial charge on any atom is 0.100 e. The van der Waals surface area contributed by atoms with E-state index in [1.54, 1.807) is 0 Å². The van der Waals surface area contributed by atoms with E-state index in [9.17, 15) is 0 Å². The average molecular weight is 464 g/mol. The van der Waals surface area contributed by atoms with Crippen molar-refractivity contribution in [3.63, 3.8) is 0 Å². The van der Waals surface area contributed by atoms with E-state index in [2.05, 4.69) is 130 Å². The highest BCUT2D eigenvalue weighted by atomic mass is 15.2. The molecule has 0 aliphatic rings. The lowest BCUT2D eigenvalue weighted by atomic mass is 10.1. The van der Waals surface area contributed by atoms with Crippen LogP contribution >= 0.6 is 0 Å². The van der Waals surface area contributed by atoms with Gasteiger partial charge in [0.2, 0.25) is 0 Å². The van der Waals surface area contributed by atoms with Gasteiger partial charge in [-0.2, -0.15) is 0 Å². The number of hydrogen-bond donors (Lipinski definition) is 0. The molecular weight excluding hydrogens is 438 g/mol. The molecule has 5 aromatic carbocycles. The molecule has 0 N–H and O–H groups in total. The van der Waals surface area contributed by atoms with Gasteiger partial charge in [0, 0.05) is 44.4 Å². The Kier molecular flexibility index (Phi) is 3.98. The molecule has 36 heavy (non-hydrogen) atoms. The molecule has 0 atom stereocenters. The van der Waals surface area contributed by atoms with Crippen LogP contribution in [0.3, 0.4) is 0 Å². The van der Waals surface area contributed by atoms with Crippen LogP contribution in [0.2, 0.25) is 0 Å². The van der Waals surface area contributed by atoms with Gasteiger partial charge in [-0.3, -0.25) is 0 Å². The van der Waals surface area contributed by atoms with Crippen molar-refractivity contribution in [2.75, 3.05) is 0 Å². The number of nitrogens with zero attached hydrogens (tertiary/aromatic N) is 3. The summed E-state index contributed by atoms with van der Waals surface area (Å²) in [5, 5.41) is 7.91. The highest BCUT2D eigenvalue weighted by molar-refractivity contribution is 6.25. The zero-order valence-electron chi connectivity index (χ0n) is 20.1. The van der Waals surface area contributed by atoms with Crippen LogP contribution in [0.5, 0.6) is 0 Å². The first-order valence-electron chi connectivity index (χ1n) is 12.7. The summed E-state index contributed by atoms with van der Waals surface area (Å²) >= 11 is 0. The number of fused-ring (bicyclic) bond motifs is 10. The van der Waals surface area contributed by atoms with Crippen LogP contribution in [0.25, 0.3) is 65.4 Å². The van der Waals surface area contributed by atoms with Crippen LogP contribution in [0.4, 0.5) is 0 Å². The van der Waals surface area contributed by atoms with Gasteiger partial charge in [-0.1, -0.05) is 78.9 Å². The molecule has 0 unspecified atom stereocenters.